The van der Waals surface area contributed by atoms with Gasteiger partial charge in [-0.3, -0.25) is 0 Å². The average molecular weight is 860 g/mol. The molecule has 1 N–H and O–H groups in total. The number of esters is 5. The Hall–Kier alpha value is -7.53. The van der Waals surface area contributed by atoms with Crippen molar-refractivity contribution in [2.75, 3.05) is 19.8 Å². The van der Waals surface area contributed by atoms with E-state index in [1.807, 2.05) is 6.07 Å². The van der Waals surface area contributed by atoms with Crippen molar-refractivity contribution in [1.82, 2.24) is 0 Å². The largest absolute Gasteiger partial charge is 0.494 e. The molecule has 14 nitrogen and oxygen atoms in total. The van der Waals surface area contributed by atoms with Gasteiger partial charge in [0.1, 0.15) is 28.6 Å². The van der Waals surface area contributed by atoms with Crippen molar-refractivity contribution in [2.45, 2.75) is 71.6 Å². The van der Waals surface area contributed by atoms with E-state index < -0.39 is 35.8 Å². The van der Waals surface area contributed by atoms with Crippen LogP contribution in [0, 0.1) is 11.3 Å². The van der Waals surface area contributed by atoms with Crippen LogP contribution in [0.5, 0.6) is 23.0 Å². The summed E-state index contributed by atoms with van der Waals surface area (Å²) in [6.45, 7) is 11.2. The number of ether oxygens (including phenoxy) is 6. The van der Waals surface area contributed by atoms with Gasteiger partial charge in [-0.1, -0.05) is 26.0 Å². The van der Waals surface area contributed by atoms with E-state index in [9.17, 15) is 33.9 Å². The molecule has 0 heterocycles. The zero-order valence-electron chi connectivity index (χ0n) is 35.3. The van der Waals surface area contributed by atoms with Gasteiger partial charge in [0.05, 0.1) is 48.1 Å². The minimum atomic E-state index is -1.42. The second-order valence-corrected chi connectivity index (χ2v) is 14.4. The molecular formula is C49H49NO13. The molecule has 63 heavy (non-hydrogen) atoms. The fourth-order valence-electron chi connectivity index (χ4n) is 5.86. The molecule has 0 amide bonds. The number of aromatic carboxylic acids is 1. The third kappa shape index (κ3) is 15.5. The number of carbonyl (C=O) groups excluding carboxylic acids is 5. The smallest absolute Gasteiger partial charge is 0.343 e. The van der Waals surface area contributed by atoms with Gasteiger partial charge in [-0.25, -0.2) is 28.8 Å². The van der Waals surface area contributed by atoms with Crippen molar-refractivity contribution in [2.24, 2.45) is 0 Å². The van der Waals surface area contributed by atoms with Crippen molar-refractivity contribution in [3.8, 4) is 29.1 Å². The first kappa shape index (κ1) is 48.1. The number of benzene rings is 4. The first-order valence-electron chi connectivity index (χ1n) is 20.3. The minimum absolute atomic E-state index is 0.0279. The minimum Gasteiger partial charge on any atom is -0.494 e. The molecule has 0 bridgehead atoms. The van der Waals surface area contributed by atoms with Crippen LogP contribution in [0.1, 0.15) is 118 Å². The molecule has 0 saturated carbocycles. The molecule has 0 aromatic heterocycles. The molecule has 0 atom stereocenters. The maximum absolute atomic E-state index is 13.4. The van der Waals surface area contributed by atoms with Crippen molar-refractivity contribution in [3.63, 3.8) is 0 Å². The number of nitrogens with zero attached hydrogens (tertiary/aromatic N) is 1. The fraction of sp³-hybridized carbons (Fsp3) is 0.286. The summed E-state index contributed by atoms with van der Waals surface area (Å²) in [7, 11) is 0. The second-order valence-electron chi connectivity index (χ2n) is 14.4. The van der Waals surface area contributed by atoms with Crippen LogP contribution in [-0.2, 0) is 25.5 Å². The van der Waals surface area contributed by atoms with Crippen LogP contribution in [0.3, 0.4) is 0 Å². The zero-order valence-corrected chi connectivity index (χ0v) is 35.3. The molecule has 0 aliphatic heterocycles. The molecule has 0 saturated heterocycles. The molecule has 4 aromatic rings. The van der Waals surface area contributed by atoms with Crippen LogP contribution in [-0.4, -0.2) is 60.7 Å². The lowest BCUT2D eigenvalue weighted by molar-refractivity contribution is -0.139. The first-order chi connectivity index (χ1) is 30.3. The second kappa shape index (κ2) is 24.7. The van der Waals surface area contributed by atoms with Crippen molar-refractivity contribution < 1.29 is 62.3 Å². The van der Waals surface area contributed by atoms with E-state index in [1.165, 1.54) is 72.8 Å². The average Bonchev–Trinajstić information content (AvgIpc) is 3.27. The topological polar surface area (TPSA) is 202 Å². The summed E-state index contributed by atoms with van der Waals surface area (Å²) in [5.41, 5.74) is 1.23. The highest BCUT2D eigenvalue weighted by molar-refractivity contribution is 5.98. The lowest BCUT2D eigenvalue weighted by atomic mass is 9.98. The van der Waals surface area contributed by atoms with Crippen LogP contribution in [0.25, 0.3) is 0 Å². The highest BCUT2D eigenvalue weighted by Crippen LogP contribution is 2.34. The SMILES string of the molecule is C=C(C)C(=O)OCCCCCCOc1ccc(C(=O)Oc2ccc(OC(=O)c3ccc(OC(=O)c4ccc(C#N)cc4)cc3)c(C(=O)O)c2CCCCCCOC(=O)C(=C)C)cc1. The van der Waals surface area contributed by atoms with Gasteiger partial charge in [0.2, 0.25) is 0 Å². The van der Waals surface area contributed by atoms with Gasteiger partial charge in [0.25, 0.3) is 0 Å². The fourth-order valence-corrected chi connectivity index (χ4v) is 5.86. The summed E-state index contributed by atoms with van der Waals surface area (Å²) in [4.78, 5) is 75.3. The van der Waals surface area contributed by atoms with Gasteiger partial charge in [-0.15, -0.1) is 0 Å². The number of rotatable bonds is 24. The van der Waals surface area contributed by atoms with E-state index in [-0.39, 0.29) is 58.1 Å². The van der Waals surface area contributed by atoms with Gasteiger partial charge in [-0.2, -0.15) is 5.26 Å². The summed E-state index contributed by atoms with van der Waals surface area (Å²) in [6, 6.07) is 22.2. The lowest BCUT2D eigenvalue weighted by Crippen LogP contribution is -2.16. The first-order valence-corrected chi connectivity index (χ1v) is 20.3. The normalized spacial score (nSPS) is 10.4. The zero-order chi connectivity index (χ0) is 45.7. The standard InChI is InChI=1S/C49H49NO13/c1-32(2)45(53)59-29-11-6-5-9-13-40-41(62-48(56)36-18-22-38(23-19-36)58-28-10-7-8-12-30-60-46(54)33(3)4)26-27-42(43(40)44(51)52)63-49(57)37-20-24-39(25-21-37)61-47(55)35-16-14-34(31-50)15-17-35/h14-27H,1,3,5-13,28-30H2,2,4H3,(H,51,52). The van der Waals surface area contributed by atoms with Gasteiger partial charge in [0.15, 0.2) is 0 Å². The predicted molar refractivity (Wildman–Crippen MR) is 230 cm³/mol. The van der Waals surface area contributed by atoms with E-state index in [1.54, 1.807) is 26.0 Å². The summed E-state index contributed by atoms with van der Waals surface area (Å²) < 4.78 is 32.8. The van der Waals surface area contributed by atoms with Gasteiger partial charge < -0.3 is 33.5 Å². The highest BCUT2D eigenvalue weighted by atomic mass is 16.6. The summed E-state index contributed by atoms with van der Waals surface area (Å²) in [6.07, 6.45) is 5.63. The monoisotopic (exact) mass is 859 g/mol. The molecule has 0 unspecified atom stereocenters. The van der Waals surface area contributed by atoms with Gasteiger partial charge in [-0.05, 0) is 144 Å². The maximum atomic E-state index is 13.4. The Morgan fingerprint density at radius 3 is 1.46 bits per heavy atom. The van der Waals surface area contributed by atoms with E-state index in [0.29, 0.717) is 61.4 Å². The molecular weight excluding hydrogens is 811 g/mol. The molecule has 4 aromatic carbocycles. The Kier molecular flexibility index (Phi) is 18.8. The molecule has 0 aliphatic carbocycles. The molecule has 0 fully saturated rings. The molecule has 0 spiro atoms. The number of carbonyl (C=O) groups is 6. The number of carboxylic acid groups (broad SMARTS) is 1. The summed E-state index contributed by atoms with van der Waals surface area (Å²) >= 11 is 0. The van der Waals surface area contributed by atoms with E-state index in [4.69, 9.17) is 33.7 Å². The Balaban J connectivity index is 1.42. The predicted octanol–water partition coefficient (Wildman–Crippen LogP) is 9.19. The number of hydrogen-bond acceptors (Lipinski definition) is 13. The van der Waals surface area contributed by atoms with Gasteiger partial charge >= 0.3 is 35.8 Å². The third-order valence-electron chi connectivity index (χ3n) is 9.28. The van der Waals surface area contributed by atoms with E-state index in [2.05, 4.69) is 13.2 Å². The van der Waals surface area contributed by atoms with E-state index in [0.717, 1.165) is 25.7 Å². The lowest BCUT2D eigenvalue weighted by Gasteiger charge is -2.16. The number of unbranched alkanes of at least 4 members (excludes halogenated alkanes) is 6. The van der Waals surface area contributed by atoms with Crippen LogP contribution in [0.4, 0.5) is 0 Å². The molecule has 4 rings (SSSR count). The number of carboxylic acids is 1. The van der Waals surface area contributed by atoms with Gasteiger partial charge in [0, 0.05) is 16.7 Å². The summed E-state index contributed by atoms with van der Waals surface area (Å²) in [5, 5.41) is 19.4. The molecule has 0 aliphatic rings. The third-order valence-corrected chi connectivity index (χ3v) is 9.28. The van der Waals surface area contributed by atoms with Crippen molar-refractivity contribution in [3.05, 3.63) is 143 Å². The quantitative estimate of drug-likeness (QED) is 0.0302. The number of hydrogen-bond donors (Lipinski definition) is 1. The molecule has 0 radical (unpaired) electrons. The van der Waals surface area contributed by atoms with Crippen LogP contribution < -0.4 is 18.9 Å². The van der Waals surface area contributed by atoms with Crippen LogP contribution in [0.2, 0.25) is 0 Å². The van der Waals surface area contributed by atoms with Crippen molar-refractivity contribution in [1.29, 1.82) is 5.26 Å². The van der Waals surface area contributed by atoms with E-state index >= 15 is 0 Å². The van der Waals surface area contributed by atoms with Crippen LogP contribution >= 0.6 is 0 Å². The summed E-state index contributed by atoms with van der Waals surface area (Å²) in [5.74, 6) is -4.28. The van der Waals surface area contributed by atoms with Crippen LogP contribution in [0.15, 0.2) is 109 Å². The van der Waals surface area contributed by atoms with Crippen molar-refractivity contribution >= 4 is 35.8 Å². The molecule has 14 heteroatoms. The Bertz CT molecular complexity index is 2320. The Labute approximate surface area is 365 Å². The molecule has 328 valence electrons. The maximum Gasteiger partial charge on any atom is 0.343 e. The number of nitriles is 1. The highest BCUT2D eigenvalue weighted by Gasteiger charge is 2.25. The Morgan fingerprint density at radius 1 is 0.540 bits per heavy atom. The Morgan fingerprint density at radius 2 is 0.968 bits per heavy atom.